The fourth-order valence-corrected chi connectivity index (χ4v) is 3.24. The molecule has 1 aliphatic rings. The van der Waals surface area contributed by atoms with Crippen LogP contribution in [0.25, 0.3) is 0 Å². The van der Waals surface area contributed by atoms with Gasteiger partial charge in [0.15, 0.2) is 0 Å². The van der Waals surface area contributed by atoms with Gasteiger partial charge in [0.2, 0.25) is 0 Å². The number of hydrogen-bond donors (Lipinski definition) is 1. The van der Waals surface area contributed by atoms with Crippen LogP contribution in [0, 0.1) is 0 Å². The van der Waals surface area contributed by atoms with E-state index in [9.17, 15) is 19.2 Å². The number of carbonyl (C=O) groups is 4. The van der Waals surface area contributed by atoms with Gasteiger partial charge in [-0.25, -0.2) is 14.5 Å². The number of para-hydroxylation sites is 1. The zero-order valence-corrected chi connectivity index (χ0v) is 18.4. The first-order valence-corrected chi connectivity index (χ1v) is 10.2. The van der Waals surface area contributed by atoms with Crippen molar-refractivity contribution in [2.75, 3.05) is 16.8 Å². The molecule has 1 aliphatic heterocycles. The predicted molar refractivity (Wildman–Crippen MR) is 118 cm³/mol. The van der Waals surface area contributed by atoms with Crippen molar-refractivity contribution in [3.05, 3.63) is 70.4 Å². The Balaban J connectivity index is 1.91. The fraction of sp³-hybridized carbons (Fsp3) is 0.217. The third-order valence-corrected chi connectivity index (χ3v) is 4.73. The van der Waals surface area contributed by atoms with Crippen LogP contribution >= 0.6 is 11.6 Å². The molecule has 0 spiro atoms. The molecule has 2 aromatic carbocycles. The monoisotopic (exact) mass is 456 g/mol. The number of rotatable bonds is 7. The van der Waals surface area contributed by atoms with E-state index in [1.54, 1.807) is 51.1 Å². The van der Waals surface area contributed by atoms with Gasteiger partial charge in [-0.15, -0.1) is 0 Å². The Morgan fingerprint density at radius 1 is 1.03 bits per heavy atom. The van der Waals surface area contributed by atoms with Crippen LogP contribution in [0.5, 0.6) is 0 Å². The van der Waals surface area contributed by atoms with Gasteiger partial charge in [0, 0.05) is 5.69 Å². The van der Waals surface area contributed by atoms with Crippen LogP contribution in [0.15, 0.2) is 59.3 Å². The molecule has 0 atom stereocenters. The van der Waals surface area contributed by atoms with E-state index in [1.807, 2.05) is 0 Å². The molecule has 2 aromatic rings. The van der Waals surface area contributed by atoms with Crippen molar-refractivity contribution in [1.29, 1.82) is 0 Å². The lowest BCUT2D eigenvalue weighted by Gasteiger charge is -2.19. The van der Waals surface area contributed by atoms with Crippen LogP contribution in [-0.2, 0) is 19.1 Å². The number of nitrogens with zero attached hydrogens (tertiary/aromatic N) is 1. The summed E-state index contributed by atoms with van der Waals surface area (Å²) >= 11 is 6.18. The Hall–Kier alpha value is -3.65. The van der Waals surface area contributed by atoms with E-state index in [2.05, 4.69) is 5.32 Å². The van der Waals surface area contributed by atoms with Gasteiger partial charge in [0.25, 0.3) is 11.8 Å². The summed E-state index contributed by atoms with van der Waals surface area (Å²) in [4.78, 5) is 51.2. The average molecular weight is 457 g/mol. The third-order valence-electron chi connectivity index (χ3n) is 4.38. The van der Waals surface area contributed by atoms with E-state index in [-0.39, 0.29) is 40.3 Å². The summed E-state index contributed by atoms with van der Waals surface area (Å²) in [6, 6.07) is 12.3. The van der Waals surface area contributed by atoms with Gasteiger partial charge in [-0.2, -0.15) is 0 Å². The lowest BCUT2D eigenvalue weighted by molar-refractivity contribution is -0.120. The van der Waals surface area contributed by atoms with Crippen LogP contribution < -0.4 is 10.2 Å². The quantitative estimate of drug-likeness (QED) is 0.498. The first-order chi connectivity index (χ1) is 15.2. The van der Waals surface area contributed by atoms with Crippen molar-refractivity contribution in [2.24, 2.45) is 0 Å². The molecule has 32 heavy (non-hydrogen) atoms. The highest BCUT2D eigenvalue weighted by Gasteiger charge is 2.40. The lowest BCUT2D eigenvalue weighted by Crippen LogP contribution is -2.34. The first-order valence-electron chi connectivity index (χ1n) is 9.87. The van der Waals surface area contributed by atoms with Crippen LogP contribution in [0.4, 0.5) is 11.4 Å². The molecule has 2 amide bonds. The molecule has 0 fully saturated rings. The van der Waals surface area contributed by atoms with E-state index < -0.39 is 23.8 Å². The van der Waals surface area contributed by atoms with Crippen molar-refractivity contribution in [3.8, 4) is 0 Å². The van der Waals surface area contributed by atoms with E-state index in [1.165, 1.54) is 18.2 Å². The molecule has 3 rings (SSSR count). The number of anilines is 2. The number of carbonyl (C=O) groups excluding carboxylic acids is 4. The topological polar surface area (TPSA) is 102 Å². The molecule has 0 unspecified atom stereocenters. The smallest absolute Gasteiger partial charge is 0.340 e. The van der Waals surface area contributed by atoms with E-state index in [4.69, 9.17) is 21.1 Å². The van der Waals surface area contributed by atoms with Crippen molar-refractivity contribution in [1.82, 2.24) is 0 Å². The molecule has 0 bridgehead atoms. The van der Waals surface area contributed by atoms with Crippen molar-refractivity contribution < 1.29 is 28.7 Å². The summed E-state index contributed by atoms with van der Waals surface area (Å²) in [5.41, 5.74) is 0.564. The van der Waals surface area contributed by atoms with Gasteiger partial charge in [-0.3, -0.25) is 9.59 Å². The van der Waals surface area contributed by atoms with Crippen LogP contribution in [0.3, 0.4) is 0 Å². The number of esters is 2. The Kier molecular flexibility index (Phi) is 6.95. The summed E-state index contributed by atoms with van der Waals surface area (Å²) in [6.45, 7) is 5.29. The zero-order chi connectivity index (χ0) is 23.4. The molecular weight excluding hydrogens is 436 g/mol. The second-order valence-electron chi connectivity index (χ2n) is 7.03. The highest BCUT2D eigenvalue weighted by molar-refractivity contribution is 6.53. The van der Waals surface area contributed by atoms with Crippen molar-refractivity contribution in [2.45, 2.75) is 26.9 Å². The summed E-state index contributed by atoms with van der Waals surface area (Å²) in [5.74, 6) is -2.73. The third kappa shape index (κ3) is 4.65. The molecule has 9 heteroatoms. The van der Waals surface area contributed by atoms with Gasteiger partial charge in [0.1, 0.15) is 10.7 Å². The maximum absolute atomic E-state index is 13.1. The number of benzene rings is 2. The van der Waals surface area contributed by atoms with Gasteiger partial charge < -0.3 is 14.8 Å². The number of nitrogens with one attached hydrogen (secondary N) is 1. The van der Waals surface area contributed by atoms with Crippen molar-refractivity contribution in [3.63, 3.8) is 0 Å². The minimum Gasteiger partial charge on any atom is -0.462 e. The highest BCUT2D eigenvalue weighted by Crippen LogP contribution is 2.32. The molecule has 0 aromatic heterocycles. The molecule has 0 saturated carbocycles. The largest absolute Gasteiger partial charge is 0.462 e. The second-order valence-corrected chi connectivity index (χ2v) is 7.41. The molecule has 1 N–H and O–H groups in total. The summed E-state index contributed by atoms with van der Waals surface area (Å²) in [6.07, 6.45) is -0.383. The maximum atomic E-state index is 13.1. The summed E-state index contributed by atoms with van der Waals surface area (Å²) < 4.78 is 10.2. The number of amides is 2. The Bertz CT molecular complexity index is 1120. The normalized spacial score (nSPS) is 13.6. The zero-order valence-electron chi connectivity index (χ0n) is 17.7. The Labute approximate surface area is 189 Å². The lowest BCUT2D eigenvalue weighted by atomic mass is 10.1. The van der Waals surface area contributed by atoms with E-state index >= 15 is 0 Å². The number of hydrogen-bond acceptors (Lipinski definition) is 7. The standard InChI is InChI=1S/C23H21ClN2O6/c1-4-31-22(29)14-8-7-9-15(12-14)25-19-18(24)20(27)26(21(19)28)17-11-6-5-10-16(17)23(30)32-13(2)3/h5-13,25H,4H2,1-3H3. The average Bonchev–Trinajstić information content (AvgIpc) is 2.97. The Morgan fingerprint density at radius 3 is 2.44 bits per heavy atom. The first kappa shape index (κ1) is 23.0. The van der Waals surface area contributed by atoms with Gasteiger partial charge in [-0.05, 0) is 51.1 Å². The molecule has 0 aliphatic carbocycles. The summed E-state index contributed by atoms with van der Waals surface area (Å²) in [5, 5.41) is 2.46. The van der Waals surface area contributed by atoms with Gasteiger partial charge >= 0.3 is 11.9 Å². The van der Waals surface area contributed by atoms with Gasteiger partial charge in [0.05, 0.1) is 29.5 Å². The second kappa shape index (κ2) is 9.65. The minimum atomic E-state index is -0.787. The van der Waals surface area contributed by atoms with E-state index in [0.29, 0.717) is 5.69 Å². The van der Waals surface area contributed by atoms with Crippen molar-refractivity contribution >= 4 is 46.7 Å². The molecule has 0 radical (unpaired) electrons. The number of halogens is 1. The maximum Gasteiger partial charge on any atom is 0.340 e. The molecule has 166 valence electrons. The summed E-state index contributed by atoms with van der Waals surface area (Å²) in [7, 11) is 0. The van der Waals surface area contributed by atoms with Crippen LogP contribution in [0.1, 0.15) is 41.5 Å². The van der Waals surface area contributed by atoms with Crippen LogP contribution in [0.2, 0.25) is 0 Å². The van der Waals surface area contributed by atoms with Gasteiger partial charge in [-0.1, -0.05) is 29.8 Å². The SMILES string of the molecule is CCOC(=O)c1cccc(NC2=C(Cl)C(=O)N(c3ccccc3C(=O)OC(C)C)C2=O)c1. The molecule has 1 heterocycles. The molecule has 0 saturated heterocycles. The number of ether oxygens (including phenoxy) is 2. The fourth-order valence-electron chi connectivity index (χ4n) is 3.03. The van der Waals surface area contributed by atoms with E-state index in [0.717, 1.165) is 4.90 Å². The molecular formula is C23H21ClN2O6. The minimum absolute atomic E-state index is 0.0536. The van der Waals surface area contributed by atoms with Crippen LogP contribution in [-0.4, -0.2) is 36.5 Å². The molecule has 8 nitrogen and oxygen atoms in total. The highest BCUT2D eigenvalue weighted by atomic mass is 35.5. The number of imide groups is 1. The Morgan fingerprint density at radius 2 is 1.75 bits per heavy atom. The predicted octanol–water partition coefficient (Wildman–Crippen LogP) is 3.86.